The van der Waals surface area contributed by atoms with Crippen LogP contribution in [0.1, 0.15) is 12.7 Å². The summed E-state index contributed by atoms with van der Waals surface area (Å²) in [6, 6.07) is 15.0. The van der Waals surface area contributed by atoms with Crippen molar-refractivity contribution in [2.24, 2.45) is 10.2 Å². The highest BCUT2D eigenvalue weighted by Gasteiger charge is 2.29. The Labute approximate surface area is 172 Å². The van der Waals surface area contributed by atoms with Crippen LogP contribution in [0.5, 0.6) is 0 Å². The van der Waals surface area contributed by atoms with Crippen LogP contribution in [0.15, 0.2) is 80.7 Å². The van der Waals surface area contributed by atoms with Crippen LogP contribution in [0, 0.1) is 5.82 Å². The van der Waals surface area contributed by atoms with Crippen molar-refractivity contribution in [3.8, 4) is 11.3 Å². The number of hydrazone groups is 1. The molecule has 9 heteroatoms. The molecule has 0 atom stereocenters. The number of nitrogens with zero attached hydrogens (tertiary/aromatic N) is 2. The van der Waals surface area contributed by atoms with E-state index in [-0.39, 0.29) is 4.90 Å². The van der Waals surface area contributed by atoms with Gasteiger partial charge in [-0.15, -0.1) is 0 Å². The van der Waals surface area contributed by atoms with Crippen LogP contribution in [-0.4, -0.2) is 20.0 Å². The predicted octanol–water partition coefficient (Wildman–Crippen LogP) is 3.54. The third-order valence-corrected chi connectivity index (χ3v) is 5.45. The molecule has 0 unspecified atom stereocenters. The van der Waals surface area contributed by atoms with E-state index in [2.05, 4.69) is 5.10 Å². The molecule has 0 bridgehead atoms. The minimum atomic E-state index is -3.83. The van der Waals surface area contributed by atoms with Gasteiger partial charge in [0.15, 0.2) is 0 Å². The standard InChI is InChI=1S/C21H16FN3O4S/c1-13-18(12-15-8-11-20(29-15)17-4-2-3-5-19(17)22)21(26)25(24-13)14-6-9-16(10-7-14)30(23,27)28/h2-12H,1H3,(H2,23,27,28)/b18-12+. The number of anilines is 1. The van der Waals surface area contributed by atoms with E-state index in [1.165, 1.54) is 36.4 Å². The number of rotatable bonds is 4. The number of halogens is 1. The summed E-state index contributed by atoms with van der Waals surface area (Å²) in [5.41, 5.74) is 1.47. The first kappa shape index (κ1) is 19.7. The number of hydrogen-bond acceptors (Lipinski definition) is 5. The molecule has 0 radical (unpaired) electrons. The average molecular weight is 425 g/mol. The van der Waals surface area contributed by atoms with E-state index >= 15 is 0 Å². The number of nitrogens with two attached hydrogens (primary N) is 1. The highest BCUT2D eigenvalue weighted by Crippen LogP contribution is 2.29. The van der Waals surface area contributed by atoms with E-state index in [1.807, 2.05) is 0 Å². The molecule has 1 aromatic heterocycles. The second-order valence-electron chi connectivity index (χ2n) is 6.58. The van der Waals surface area contributed by atoms with Gasteiger partial charge in [-0.25, -0.2) is 17.9 Å². The number of hydrogen-bond donors (Lipinski definition) is 1. The molecule has 2 N–H and O–H groups in total. The second-order valence-corrected chi connectivity index (χ2v) is 8.14. The van der Waals surface area contributed by atoms with Crippen molar-refractivity contribution in [2.75, 3.05) is 5.01 Å². The largest absolute Gasteiger partial charge is 0.457 e. The van der Waals surface area contributed by atoms with Gasteiger partial charge in [-0.2, -0.15) is 10.1 Å². The number of primary sulfonamides is 1. The van der Waals surface area contributed by atoms with Gasteiger partial charge in [0.25, 0.3) is 5.91 Å². The van der Waals surface area contributed by atoms with Crippen LogP contribution in [0.3, 0.4) is 0 Å². The molecular weight excluding hydrogens is 409 g/mol. The maximum absolute atomic E-state index is 14.0. The van der Waals surface area contributed by atoms with Gasteiger partial charge >= 0.3 is 0 Å². The highest BCUT2D eigenvalue weighted by atomic mass is 32.2. The minimum absolute atomic E-state index is 0.0642. The Hall–Kier alpha value is -3.56. The van der Waals surface area contributed by atoms with E-state index in [4.69, 9.17) is 9.56 Å². The minimum Gasteiger partial charge on any atom is -0.457 e. The molecule has 4 rings (SSSR count). The summed E-state index contributed by atoms with van der Waals surface area (Å²) in [6.45, 7) is 1.67. The number of furan rings is 1. The highest BCUT2D eigenvalue weighted by molar-refractivity contribution is 7.89. The number of benzene rings is 2. The van der Waals surface area contributed by atoms with Gasteiger partial charge in [-0.05, 0) is 61.5 Å². The number of sulfonamides is 1. The summed E-state index contributed by atoms with van der Waals surface area (Å²) >= 11 is 0. The lowest BCUT2D eigenvalue weighted by atomic mass is 10.1. The molecule has 1 aliphatic heterocycles. The fraction of sp³-hybridized carbons (Fsp3) is 0.0476. The zero-order chi connectivity index (χ0) is 21.5. The van der Waals surface area contributed by atoms with Crippen molar-refractivity contribution in [2.45, 2.75) is 11.8 Å². The number of amides is 1. The lowest BCUT2D eigenvalue weighted by molar-refractivity contribution is -0.114. The molecule has 0 saturated heterocycles. The van der Waals surface area contributed by atoms with Gasteiger partial charge in [-0.3, -0.25) is 4.79 Å². The maximum atomic E-state index is 14.0. The van der Waals surface area contributed by atoms with Crippen LogP contribution in [-0.2, 0) is 14.8 Å². The Bertz CT molecular complexity index is 1310. The van der Waals surface area contributed by atoms with E-state index in [0.29, 0.717) is 34.1 Å². The number of carbonyl (C=O) groups is 1. The molecule has 30 heavy (non-hydrogen) atoms. The summed E-state index contributed by atoms with van der Waals surface area (Å²) in [5.74, 6) is -0.0949. The Morgan fingerprint density at radius 1 is 1.07 bits per heavy atom. The molecule has 152 valence electrons. The predicted molar refractivity (Wildman–Crippen MR) is 110 cm³/mol. The smallest absolute Gasteiger partial charge is 0.280 e. The molecule has 1 aliphatic rings. The van der Waals surface area contributed by atoms with Gasteiger partial charge in [0.2, 0.25) is 10.0 Å². The molecule has 0 saturated carbocycles. The molecule has 1 amide bonds. The lowest BCUT2D eigenvalue weighted by Gasteiger charge is -2.11. The summed E-state index contributed by atoms with van der Waals surface area (Å²) in [6.07, 6.45) is 1.53. The van der Waals surface area contributed by atoms with Gasteiger partial charge in [-0.1, -0.05) is 12.1 Å². The van der Waals surface area contributed by atoms with Crippen LogP contribution in [0.4, 0.5) is 10.1 Å². The van der Waals surface area contributed by atoms with Crippen LogP contribution < -0.4 is 10.1 Å². The molecule has 3 aromatic rings. The Morgan fingerprint density at radius 3 is 2.43 bits per heavy atom. The fourth-order valence-corrected chi connectivity index (χ4v) is 3.53. The van der Waals surface area contributed by atoms with E-state index < -0.39 is 21.7 Å². The first-order chi connectivity index (χ1) is 14.2. The second kappa shape index (κ2) is 7.36. The van der Waals surface area contributed by atoms with Crippen molar-refractivity contribution in [1.82, 2.24) is 0 Å². The SMILES string of the molecule is CC1=NN(c2ccc(S(N)(=O)=O)cc2)C(=O)/C1=C/c1ccc(-c2ccccc2F)o1. The first-order valence-corrected chi connectivity index (χ1v) is 10.4. The van der Waals surface area contributed by atoms with Crippen LogP contribution >= 0.6 is 0 Å². The van der Waals surface area contributed by atoms with Gasteiger partial charge in [0.05, 0.1) is 27.4 Å². The first-order valence-electron chi connectivity index (χ1n) is 8.83. The molecule has 0 aliphatic carbocycles. The third-order valence-electron chi connectivity index (χ3n) is 4.53. The average Bonchev–Trinajstić information content (AvgIpc) is 3.28. The Balaban J connectivity index is 1.61. The lowest BCUT2D eigenvalue weighted by Crippen LogP contribution is -2.21. The summed E-state index contributed by atoms with van der Waals surface area (Å²) in [4.78, 5) is 12.8. The Morgan fingerprint density at radius 2 is 1.77 bits per heavy atom. The molecule has 0 spiro atoms. The van der Waals surface area contributed by atoms with Gasteiger partial charge in [0.1, 0.15) is 17.3 Å². The molecule has 7 nitrogen and oxygen atoms in total. The maximum Gasteiger partial charge on any atom is 0.280 e. The quantitative estimate of drug-likeness (QED) is 0.645. The van der Waals surface area contributed by atoms with E-state index in [0.717, 1.165) is 5.01 Å². The fourth-order valence-electron chi connectivity index (χ4n) is 3.01. The van der Waals surface area contributed by atoms with Crippen LogP contribution in [0.25, 0.3) is 17.4 Å². The Kier molecular flexibility index (Phi) is 4.84. The summed E-state index contributed by atoms with van der Waals surface area (Å²) < 4.78 is 42.4. The van der Waals surface area contributed by atoms with Gasteiger partial charge in [0, 0.05) is 0 Å². The summed E-state index contributed by atoms with van der Waals surface area (Å²) in [7, 11) is -3.83. The molecule has 2 heterocycles. The van der Waals surface area contributed by atoms with Crippen molar-refractivity contribution in [3.05, 3.63) is 77.8 Å². The number of carbonyl (C=O) groups excluding carboxylic acids is 1. The monoisotopic (exact) mass is 425 g/mol. The van der Waals surface area contributed by atoms with Crippen LogP contribution in [0.2, 0.25) is 0 Å². The third kappa shape index (κ3) is 3.68. The topological polar surface area (TPSA) is 106 Å². The molecule has 0 fully saturated rings. The van der Waals surface area contributed by atoms with Crippen molar-refractivity contribution >= 4 is 33.4 Å². The van der Waals surface area contributed by atoms with Crippen molar-refractivity contribution < 1.29 is 22.0 Å². The molecular formula is C21H16FN3O4S. The zero-order valence-electron chi connectivity index (χ0n) is 15.7. The van der Waals surface area contributed by atoms with Crippen molar-refractivity contribution in [3.63, 3.8) is 0 Å². The summed E-state index contributed by atoms with van der Waals surface area (Å²) in [5, 5.41) is 10.5. The zero-order valence-corrected chi connectivity index (χ0v) is 16.6. The normalized spacial score (nSPS) is 15.7. The van der Waals surface area contributed by atoms with Gasteiger partial charge < -0.3 is 4.42 Å². The van der Waals surface area contributed by atoms with E-state index in [1.54, 1.807) is 37.3 Å². The van der Waals surface area contributed by atoms with Crippen molar-refractivity contribution in [1.29, 1.82) is 0 Å². The molecule has 2 aromatic carbocycles. The van der Waals surface area contributed by atoms with E-state index in [9.17, 15) is 17.6 Å².